The van der Waals surface area contributed by atoms with Crippen LogP contribution in [0.4, 0.5) is 0 Å². The molecule has 0 atom stereocenters. The van der Waals surface area contributed by atoms with Gasteiger partial charge >= 0.3 is 7.82 Å². The lowest BCUT2D eigenvalue weighted by atomic mass is 10.4. The topological polar surface area (TPSA) is 107 Å². The molecule has 6 nitrogen and oxygen atoms in total. The van der Waals surface area contributed by atoms with Gasteiger partial charge in [0, 0.05) is 0 Å². The molecule has 0 spiro atoms. The average Bonchev–Trinajstić information content (AvgIpc) is 1.77. The highest BCUT2D eigenvalue weighted by Crippen LogP contribution is 2.37. The fraction of sp³-hybridized carbons (Fsp3) is 1.00. The van der Waals surface area contributed by atoms with Crippen LogP contribution >= 0.6 is 7.82 Å². The van der Waals surface area contributed by atoms with E-state index in [1.165, 1.54) is 0 Å². The number of phosphoric ester groups is 1. The van der Waals surface area contributed by atoms with Crippen LogP contribution in [0, 0.1) is 0 Å². The molecule has 0 aliphatic carbocycles. The summed E-state index contributed by atoms with van der Waals surface area (Å²) in [7, 11) is -5.47. The first-order valence-corrected chi connectivity index (χ1v) is 3.45. The summed E-state index contributed by atoms with van der Waals surface area (Å²) in [6, 6.07) is 0. The Morgan fingerprint density at radius 2 is 2.00 bits per heavy atom. The third kappa shape index (κ3) is 4.87. The second-order valence-electron chi connectivity index (χ2n) is 1.13. The molecule has 10 heavy (non-hydrogen) atoms. The molecule has 7 heteroatoms. The Labute approximate surface area is 64.3 Å². The van der Waals surface area contributed by atoms with Gasteiger partial charge in [-0.1, -0.05) is 0 Å². The van der Waals surface area contributed by atoms with Crippen molar-refractivity contribution in [2.75, 3.05) is 13.1 Å². The van der Waals surface area contributed by atoms with Crippen LogP contribution in [0.5, 0.6) is 0 Å². The molecule has 0 bridgehead atoms. The summed E-state index contributed by atoms with van der Waals surface area (Å²) >= 11 is 0. The fourth-order valence-electron chi connectivity index (χ4n) is 0.185. The van der Waals surface area contributed by atoms with Gasteiger partial charge in [-0.15, -0.1) is 0 Å². The van der Waals surface area contributed by atoms with Crippen molar-refractivity contribution in [3.63, 3.8) is 0 Å². The Kier molecular flexibility index (Phi) is 1.67. The van der Waals surface area contributed by atoms with Crippen LogP contribution in [0.1, 0.15) is 6.85 Å². The summed E-state index contributed by atoms with van der Waals surface area (Å²) in [6.45, 7) is -7.65. The van der Waals surface area contributed by atoms with Crippen LogP contribution in [0.15, 0.2) is 0 Å². The van der Waals surface area contributed by atoms with Crippen molar-refractivity contribution in [2.24, 2.45) is 0 Å². The predicted molar refractivity (Wildman–Crippen MR) is 31.1 cm³/mol. The van der Waals surface area contributed by atoms with E-state index in [2.05, 4.69) is 4.52 Å². The molecule has 0 amide bonds. The predicted octanol–water partition coefficient (Wildman–Crippen LogP) is -1.55. The fourth-order valence-corrected chi connectivity index (χ4v) is 0.504. The lowest BCUT2D eigenvalue weighted by Gasteiger charge is -2.11. The van der Waals surface area contributed by atoms with Gasteiger partial charge in [0.05, 0.1) is 20.0 Å². The molecule has 0 unspecified atom stereocenters. The Morgan fingerprint density at radius 3 is 2.10 bits per heavy atom. The molecule has 62 valence electrons. The Hall–Kier alpha value is 0.0300. The number of hydrogen-bond donors (Lipinski definition) is 4. The van der Waals surface area contributed by atoms with Gasteiger partial charge in [-0.3, -0.25) is 4.52 Å². The van der Waals surface area contributed by atoms with Crippen molar-refractivity contribution in [1.29, 1.82) is 0 Å². The molecule has 0 aromatic heterocycles. The van der Waals surface area contributed by atoms with Crippen molar-refractivity contribution in [3.05, 3.63) is 0 Å². The summed E-state index contributed by atoms with van der Waals surface area (Å²) in [4.78, 5) is 16.6. The Bertz CT molecular complexity index is 261. The van der Waals surface area contributed by atoms with Gasteiger partial charge in [0.25, 0.3) is 0 Å². The van der Waals surface area contributed by atoms with E-state index in [4.69, 9.17) is 26.9 Å². The maximum Gasteiger partial charge on any atom is 0.470 e. The van der Waals surface area contributed by atoms with Gasteiger partial charge < -0.3 is 20.0 Å². The molecule has 0 aliphatic rings. The van der Waals surface area contributed by atoms with Crippen molar-refractivity contribution >= 4 is 7.82 Å². The van der Waals surface area contributed by atoms with Gasteiger partial charge in [0.2, 0.25) is 0 Å². The molecule has 0 aliphatic heterocycles. The first-order valence-electron chi connectivity index (χ1n) is 4.42. The van der Waals surface area contributed by atoms with Gasteiger partial charge in [-0.25, -0.2) is 4.57 Å². The first-order chi connectivity index (χ1) is 6.21. The maximum absolute atomic E-state index is 10.3. The number of aliphatic hydroxyl groups is 2. The zero-order valence-corrected chi connectivity index (χ0v) is 5.45. The van der Waals surface area contributed by atoms with E-state index in [-0.39, 0.29) is 0 Å². The third-order valence-corrected chi connectivity index (χ3v) is 0.834. The standard InChI is InChI=1S/C3H9O6P/c4-1-3(2-5)9-10(6,7)8/h3-5H,1-2H2,(H2,6,7,8)/i1D2,2D2,3D. The lowest BCUT2D eigenvalue weighted by molar-refractivity contribution is 0.0391. The van der Waals surface area contributed by atoms with Crippen LogP contribution in [-0.2, 0) is 9.09 Å². The monoisotopic (exact) mass is 177 g/mol. The molecule has 0 radical (unpaired) electrons. The molecule has 0 saturated carbocycles. The summed E-state index contributed by atoms with van der Waals surface area (Å²) in [6.07, 6.45) is -3.88. The minimum Gasteiger partial charge on any atom is -0.394 e. The highest BCUT2D eigenvalue weighted by molar-refractivity contribution is 7.46. The summed E-state index contributed by atoms with van der Waals surface area (Å²) in [5, 5.41) is 17.4. The summed E-state index contributed by atoms with van der Waals surface area (Å²) in [5.74, 6) is 0. The Balaban J connectivity index is 5.35. The van der Waals surface area contributed by atoms with Crippen molar-refractivity contribution in [1.82, 2.24) is 0 Å². The zero-order chi connectivity index (χ0) is 12.7. The third-order valence-electron chi connectivity index (χ3n) is 0.413. The van der Waals surface area contributed by atoms with Crippen LogP contribution in [-0.4, -0.2) is 39.2 Å². The zero-order valence-electron chi connectivity index (χ0n) is 9.55. The highest BCUT2D eigenvalue weighted by Gasteiger charge is 2.20. The average molecular weight is 177 g/mol. The first kappa shape index (κ1) is 4.15. The van der Waals surface area contributed by atoms with E-state index >= 15 is 0 Å². The van der Waals surface area contributed by atoms with Gasteiger partial charge in [0.15, 0.2) is 0 Å². The van der Waals surface area contributed by atoms with E-state index in [0.717, 1.165) is 0 Å². The smallest absolute Gasteiger partial charge is 0.394 e. The summed E-state index contributed by atoms with van der Waals surface area (Å²) in [5.41, 5.74) is 0. The molecule has 0 aromatic rings. The summed E-state index contributed by atoms with van der Waals surface area (Å²) < 4.78 is 47.0. The van der Waals surface area contributed by atoms with Crippen LogP contribution in [0.25, 0.3) is 0 Å². The SMILES string of the molecule is [2H]C([2H])(O)C([2H])(OP(=O)(O)O)C([2H])([2H])O. The molecule has 0 rings (SSSR count). The van der Waals surface area contributed by atoms with Crippen molar-refractivity contribution in [2.45, 2.75) is 6.08 Å². The van der Waals surface area contributed by atoms with E-state index in [1.54, 1.807) is 0 Å². The Morgan fingerprint density at radius 1 is 1.60 bits per heavy atom. The van der Waals surface area contributed by atoms with E-state index in [1.807, 2.05) is 0 Å². The van der Waals surface area contributed by atoms with E-state index in [9.17, 15) is 4.57 Å². The van der Waals surface area contributed by atoms with Crippen molar-refractivity contribution in [3.8, 4) is 0 Å². The minimum atomic E-state index is -5.47. The van der Waals surface area contributed by atoms with Crippen LogP contribution in [0.2, 0.25) is 0 Å². The second-order valence-corrected chi connectivity index (χ2v) is 2.30. The van der Waals surface area contributed by atoms with Gasteiger partial charge in [-0.05, 0) is 0 Å². The molecule has 0 fully saturated rings. The quantitative estimate of drug-likeness (QED) is 0.387. The van der Waals surface area contributed by atoms with E-state index in [0.29, 0.717) is 0 Å². The molecule has 0 heterocycles. The maximum atomic E-state index is 10.3. The minimum absolute atomic E-state index is 3.44. The molecule has 0 aromatic carbocycles. The van der Waals surface area contributed by atoms with Crippen LogP contribution < -0.4 is 0 Å². The van der Waals surface area contributed by atoms with E-state index < -0.39 is 27.0 Å². The normalized spacial score (nSPS) is 23.8. The molecular weight excluding hydrogens is 163 g/mol. The molecule has 0 saturated heterocycles. The second kappa shape index (κ2) is 4.02. The molecule has 4 N–H and O–H groups in total. The van der Waals surface area contributed by atoms with Gasteiger partial charge in [-0.2, -0.15) is 0 Å². The number of hydrogen-bond acceptors (Lipinski definition) is 4. The van der Waals surface area contributed by atoms with Crippen LogP contribution in [0.3, 0.4) is 0 Å². The largest absolute Gasteiger partial charge is 0.470 e. The number of rotatable bonds is 4. The molecular formula is C3H9O6P. The highest BCUT2D eigenvalue weighted by atomic mass is 31.2. The number of phosphoric acid groups is 1. The lowest BCUT2D eigenvalue weighted by Crippen LogP contribution is -2.20. The van der Waals surface area contributed by atoms with Gasteiger partial charge in [0.1, 0.15) is 6.08 Å². The van der Waals surface area contributed by atoms with Crippen molar-refractivity contribution < 1.29 is 35.9 Å².